The maximum Gasteiger partial charge on any atom is 0.0951 e. The second-order valence-electron chi connectivity index (χ2n) is 4.84. The van der Waals surface area contributed by atoms with E-state index in [1.54, 1.807) is 0 Å². The minimum Gasteiger partial charge on any atom is -0.384 e. The van der Waals surface area contributed by atoms with E-state index in [-0.39, 0.29) is 0 Å². The number of rotatable bonds is 4. The fourth-order valence-electron chi connectivity index (χ4n) is 2.64. The third-order valence-corrected chi connectivity index (χ3v) is 4.19. The highest BCUT2D eigenvalue weighted by atomic mass is 32.2. The lowest BCUT2D eigenvalue weighted by molar-refractivity contribution is 0.776. The third kappa shape index (κ3) is 2.50. The number of anilines is 1. The molecule has 19 heavy (non-hydrogen) atoms. The van der Waals surface area contributed by atoms with E-state index >= 15 is 0 Å². The van der Waals surface area contributed by atoms with Gasteiger partial charge in [0.05, 0.1) is 18.2 Å². The Kier molecular flexibility index (Phi) is 3.78. The monoisotopic (exact) mass is 273 g/mol. The maximum atomic E-state index is 4.33. The maximum absolute atomic E-state index is 4.33. The summed E-state index contributed by atoms with van der Waals surface area (Å²) in [5.41, 5.74) is 5.25. The molecule has 1 aromatic carbocycles. The van der Waals surface area contributed by atoms with Gasteiger partial charge < -0.3 is 9.88 Å². The summed E-state index contributed by atoms with van der Waals surface area (Å²) in [7, 11) is 0. The van der Waals surface area contributed by atoms with Crippen molar-refractivity contribution in [2.24, 2.45) is 0 Å². The average Bonchev–Trinajstić information content (AvgIpc) is 2.92. The van der Waals surface area contributed by atoms with Crippen molar-refractivity contribution in [3.05, 3.63) is 36.3 Å². The molecule has 0 bridgehead atoms. The molecule has 0 saturated heterocycles. The highest BCUT2D eigenvalue weighted by molar-refractivity contribution is 7.98. The van der Waals surface area contributed by atoms with Gasteiger partial charge in [-0.1, -0.05) is 18.2 Å². The first-order valence-corrected chi connectivity index (χ1v) is 8.15. The summed E-state index contributed by atoms with van der Waals surface area (Å²) in [4.78, 5) is 4.33. The third-order valence-electron chi connectivity index (χ3n) is 3.60. The summed E-state index contributed by atoms with van der Waals surface area (Å²) in [5, 5.41) is 3.56. The highest BCUT2D eigenvalue weighted by Crippen LogP contribution is 2.33. The van der Waals surface area contributed by atoms with E-state index in [9.17, 15) is 0 Å². The molecule has 3 nitrogen and oxygen atoms in total. The normalized spacial score (nSPS) is 13.9. The molecule has 0 aliphatic carbocycles. The molecule has 100 valence electrons. The molecule has 3 rings (SSSR count). The summed E-state index contributed by atoms with van der Waals surface area (Å²) >= 11 is 1.87. The lowest BCUT2D eigenvalue weighted by Crippen LogP contribution is -2.13. The van der Waals surface area contributed by atoms with Crippen molar-refractivity contribution in [3.8, 4) is 11.3 Å². The van der Waals surface area contributed by atoms with Crippen molar-refractivity contribution in [2.45, 2.75) is 19.4 Å². The van der Waals surface area contributed by atoms with Crippen LogP contribution >= 0.6 is 11.8 Å². The molecule has 1 aliphatic rings. The fraction of sp³-hybridized carbons (Fsp3) is 0.400. The molecule has 1 aromatic heterocycles. The molecule has 1 aliphatic heterocycles. The van der Waals surface area contributed by atoms with Crippen LogP contribution < -0.4 is 5.32 Å². The van der Waals surface area contributed by atoms with Crippen molar-refractivity contribution < 1.29 is 0 Å². The number of aromatic nitrogens is 2. The van der Waals surface area contributed by atoms with Gasteiger partial charge >= 0.3 is 0 Å². The van der Waals surface area contributed by atoms with Gasteiger partial charge in [-0.2, -0.15) is 11.8 Å². The van der Waals surface area contributed by atoms with Crippen LogP contribution in [0.2, 0.25) is 0 Å². The first-order chi connectivity index (χ1) is 9.40. The average molecular weight is 273 g/mol. The van der Waals surface area contributed by atoms with E-state index in [0.29, 0.717) is 0 Å². The molecular weight excluding hydrogens is 254 g/mol. The Hall–Kier alpha value is -1.42. The molecule has 0 amide bonds. The van der Waals surface area contributed by atoms with Crippen LogP contribution in [0.5, 0.6) is 0 Å². The zero-order chi connectivity index (χ0) is 13.1. The molecule has 0 unspecified atom stereocenters. The van der Waals surface area contributed by atoms with Gasteiger partial charge in [0.1, 0.15) is 0 Å². The SMILES string of the molecule is CSCCn1cncc1-c1cccc2c1NCCC2. The number of hydrogen-bond acceptors (Lipinski definition) is 3. The van der Waals surface area contributed by atoms with Crippen molar-refractivity contribution >= 4 is 17.4 Å². The van der Waals surface area contributed by atoms with E-state index in [1.165, 1.54) is 35.3 Å². The summed E-state index contributed by atoms with van der Waals surface area (Å²) in [5.74, 6) is 1.12. The van der Waals surface area contributed by atoms with Crippen LogP contribution in [0.3, 0.4) is 0 Å². The molecule has 0 atom stereocenters. The highest BCUT2D eigenvalue weighted by Gasteiger charge is 2.15. The van der Waals surface area contributed by atoms with Gasteiger partial charge in [0, 0.05) is 30.1 Å². The Bertz CT molecular complexity index is 562. The number of fused-ring (bicyclic) bond motifs is 1. The minimum atomic E-state index is 1.01. The molecule has 1 N–H and O–H groups in total. The summed E-state index contributed by atoms with van der Waals surface area (Å²) in [6, 6.07) is 6.59. The Morgan fingerprint density at radius 3 is 3.26 bits per heavy atom. The summed E-state index contributed by atoms with van der Waals surface area (Å²) in [6.07, 6.45) is 8.46. The van der Waals surface area contributed by atoms with Crippen LogP contribution in [0.25, 0.3) is 11.3 Å². The lowest BCUT2D eigenvalue weighted by atomic mass is 9.98. The molecule has 0 saturated carbocycles. The standard InChI is InChI=1S/C15H19N3S/c1-19-9-8-18-11-16-10-14(18)13-6-2-4-12-5-3-7-17-15(12)13/h2,4,6,10-11,17H,3,5,7-9H2,1H3. The quantitative estimate of drug-likeness (QED) is 0.927. The smallest absolute Gasteiger partial charge is 0.0951 e. The number of imidazole rings is 1. The second kappa shape index (κ2) is 5.70. The number of nitrogens with one attached hydrogen (secondary N) is 1. The predicted molar refractivity (Wildman–Crippen MR) is 82.9 cm³/mol. The Labute approximate surface area is 118 Å². The first-order valence-electron chi connectivity index (χ1n) is 6.75. The van der Waals surface area contributed by atoms with Crippen molar-refractivity contribution in [1.82, 2.24) is 9.55 Å². The predicted octanol–water partition coefficient (Wildman–Crippen LogP) is 3.27. The topological polar surface area (TPSA) is 29.9 Å². The van der Waals surface area contributed by atoms with Crippen LogP contribution in [-0.4, -0.2) is 28.1 Å². The van der Waals surface area contributed by atoms with E-state index in [2.05, 4.69) is 39.3 Å². The number of thioether (sulfide) groups is 1. The zero-order valence-corrected chi connectivity index (χ0v) is 12.0. The van der Waals surface area contributed by atoms with Crippen LogP contribution in [0.4, 0.5) is 5.69 Å². The van der Waals surface area contributed by atoms with E-state index in [1.807, 2.05) is 24.3 Å². The Balaban J connectivity index is 2.00. The number of para-hydroxylation sites is 1. The van der Waals surface area contributed by atoms with E-state index < -0.39 is 0 Å². The van der Waals surface area contributed by atoms with E-state index in [4.69, 9.17) is 0 Å². The molecule has 0 fully saturated rings. The Morgan fingerprint density at radius 2 is 2.37 bits per heavy atom. The molecule has 0 radical (unpaired) electrons. The van der Waals surface area contributed by atoms with Gasteiger partial charge in [0.25, 0.3) is 0 Å². The largest absolute Gasteiger partial charge is 0.384 e. The van der Waals surface area contributed by atoms with Crippen molar-refractivity contribution in [1.29, 1.82) is 0 Å². The van der Waals surface area contributed by atoms with Gasteiger partial charge in [-0.05, 0) is 24.7 Å². The second-order valence-corrected chi connectivity index (χ2v) is 5.82. The lowest BCUT2D eigenvalue weighted by Gasteiger charge is -2.21. The van der Waals surface area contributed by atoms with Crippen molar-refractivity contribution in [3.63, 3.8) is 0 Å². The van der Waals surface area contributed by atoms with Gasteiger partial charge in [0.15, 0.2) is 0 Å². The minimum absolute atomic E-state index is 1.01. The van der Waals surface area contributed by atoms with Gasteiger partial charge in [-0.15, -0.1) is 0 Å². The van der Waals surface area contributed by atoms with Crippen LogP contribution in [0, 0.1) is 0 Å². The number of benzene rings is 1. The van der Waals surface area contributed by atoms with Gasteiger partial charge in [-0.25, -0.2) is 4.98 Å². The first kappa shape index (κ1) is 12.6. The number of aryl methyl sites for hydroxylation is 2. The molecular formula is C15H19N3S. The van der Waals surface area contributed by atoms with Crippen LogP contribution in [-0.2, 0) is 13.0 Å². The number of hydrogen-bond donors (Lipinski definition) is 1. The van der Waals surface area contributed by atoms with E-state index in [0.717, 1.165) is 18.8 Å². The Morgan fingerprint density at radius 1 is 1.42 bits per heavy atom. The molecule has 2 aromatic rings. The fourth-order valence-corrected chi connectivity index (χ4v) is 3.02. The van der Waals surface area contributed by atoms with Crippen molar-refractivity contribution in [2.75, 3.05) is 23.9 Å². The molecule has 4 heteroatoms. The van der Waals surface area contributed by atoms with Gasteiger partial charge in [0.2, 0.25) is 0 Å². The zero-order valence-electron chi connectivity index (χ0n) is 11.2. The molecule has 2 heterocycles. The number of nitrogens with zero attached hydrogens (tertiary/aromatic N) is 2. The summed E-state index contributed by atoms with van der Waals surface area (Å²) < 4.78 is 2.25. The summed E-state index contributed by atoms with van der Waals surface area (Å²) in [6.45, 7) is 2.09. The molecule has 0 spiro atoms. The van der Waals surface area contributed by atoms with Crippen LogP contribution in [0.15, 0.2) is 30.7 Å². The van der Waals surface area contributed by atoms with Gasteiger partial charge in [-0.3, -0.25) is 0 Å². The van der Waals surface area contributed by atoms with Crippen LogP contribution in [0.1, 0.15) is 12.0 Å².